The molecule has 94 valence electrons. The third-order valence-corrected chi connectivity index (χ3v) is 5.30. The first-order valence-corrected chi connectivity index (χ1v) is 8.00. The largest absolute Gasteiger partial charge is 0.469 e. The summed E-state index contributed by atoms with van der Waals surface area (Å²) in [6.45, 7) is 0. The Labute approximate surface area is 108 Å². The van der Waals surface area contributed by atoms with Crippen LogP contribution in [0.3, 0.4) is 0 Å². The topological polar surface area (TPSA) is 25.2 Å². The molecule has 3 unspecified atom stereocenters. The van der Waals surface area contributed by atoms with Gasteiger partial charge in [-0.15, -0.1) is 0 Å². The fraction of sp³-hybridized carbons (Fsp3) is 0.714. The van der Waals surface area contributed by atoms with Crippen LogP contribution in [0.25, 0.3) is 0 Å². The van der Waals surface area contributed by atoms with Gasteiger partial charge in [0.2, 0.25) is 0 Å². The van der Waals surface area contributed by atoms with Gasteiger partial charge in [0.05, 0.1) is 6.26 Å². The van der Waals surface area contributed by atoms with Crippen molar-refractivity contribution in [3.63, 3.8) is 0 Å². The lowest BCUT2D eigenvalue weighted by Crippen LogP contribution is -2.32. The maximum Gasteiger partial charge on any atom is 0.108 e. The molecule has 3 heteroatoms. The van der Waals surface area contributed by atoms with Crippen molar-refractivity contribution in [3.05, 3.63) is 23.7 Å². The lowest BCUT2D eigenvalue weighted by atomic mass is 9.93. The van der Waals surface area contributed by atoms with Gasteiger partial charge in [-0.05, 0) is 44.4 Å². The van der Waals surface area contributed by atoms with E-state index in [0.29, 0.717) is 6.04 Å². The smallest absolute Gasteiger partial charge is 0.108 e. The summed E-state index contributed by atoms with van der Waals surface area (Å²) in [6, 6.07) is 3.43. The Bertz CT molecular complexity index is 376. The monoisotopic (exact) mass is 251 g/mol. The summed E-state index contributed by atoms with van der Waals surface area (Å²) >= 11 is 2.03. The first-order chi connectivity index (χ1) is 8.36. The van der Waals surface area contributed by atoms with Gasteiger partial charge in [-0.25, -0.2) is 0 Å². The Morgan fingerprint density at radius 3 is 3.12 bits per heavy atom. The van der Waals surface area contributed by atoms with Crippen molar-refractivity contribution < 1.29 is 4.42 Å². The molecule has 17 heavy (non-hydrogen) atoms. The molecule has 0 saturated heterocycles. The van der Waals surface area contributed by atoms with Gasteiger partial charge in [-0.1, -0.05) is 0 Å². The van der Waals surface area contributed by atoms with Crippen molar-refractivity contribution >= 4 is 11.8 Å². The average Bonchev–Trinajstić information content (AvgIpc) is 2.97. The summed E-state index contributed by atoms with van der Waals surface area (Å²) < 4.78 is 5.55. The van der Waals surface area contributed by atoms with E-state index in [1.54, 1.807) is 0 Å². The van der Waals surface area contributed by atoms with Crippen molar-refractivity contribution in [2.24, 2.45) is 0 Å². The standard InChI is InChI=1S/C14H21NOS/c1-17-11-6-5-10(9-11)15-13-3-2-4-14-12(13)7-8-16-14/h7-8,10-11,13,15H,2-6,9H2,1H3. The Morgan fingerprint density at radius 1 is 1.35 bits per heavy atom. The zero-order valence-corrected chi connectivity index (χ0v) is 11.3. The average molecular weight is 251 g/mol. The van der Waals surface area contributed by atoms with Crippen molar-refractivity contribution in [3.8, 4) is 0 Å². The van der Waals surface area contributed by atoms with Crippen LogP contribution in [0.15, 0.2) is 16.7 Å². The van der Waals surface area contributed by atoms with Gasteiger partial charge in [0, 0.05) is 29.3 Å². The maximum atomic E-state index is 5.55. The predicted molar refractivity (Wildman–Crippen MR) is 72.5 cm³/mol. The van der Waals surface area contributed by atoms with Crippen LogP contribution >= 0.6 is 11.8 Å². The third kappa shape index (κ3) is 2.41. The minimum Gasteiger partial charge on any atom is -0.469 e. The van der Waals surface area contributed by atoms with Crippen molar-refractivity contribution in [2.75, 3.05) is 6.26 Å². The summed E-state index contributed by atoms with van der Waals surface area (Å²) in [4.78, 5) is 0. The van der Waals surface area contributed by atoms with E-state index in [1.807, 2.05) is 18.0 Å². The Balaban J connectivity index is 1.64. The molecule has 1 fully saturated rings. The minimum atomic E-state index is 0.545. The molecule has 1 aromatic heterocycles. The summed E-state index contributed by atoms with van der Waals surface area (Å²) in [6.07, 6.45) is 11.8. The molecule has 2 aliphatic rings. The van der Waals surface area contributed by atoms with Gasteiger partial charge < -0.3 is 9.73 Å². The van der Waals surface area contributed by atoms with Crippen LogP contribution in [0.5, 0.6) is 0 Å². The minimum absolute atomic E-state index is 0.545. The van der Waals surface area contributed by atoms with Crippen LogP contribution < -0.4 is 5.32 Å². The Hall–Kier alpha value is -0.410. The highest BCUT2D eigenvalue weighted by atomic mass is 32.2. The SMILES string of the molecule is CSC1CCC(NC2CCCc3occc32)C1. The summed E-state index contributed by atoms with van der Waals surface area (Å²) in [5, 5.41) is 4.73. The molecule has 0 aromatic carbocycles. The van der Waals surface area contributed by atoms with Crippen LogP contribution in [0.1, 0.15) is 49.5 Å². The van der Waals surface area contributed by atoms with Gasteiger partial charge in [-0.2, -0.15) is 11.8 Å². The van der Waals surface area contributed by atoms with E-state index < -0.39 is 0 Å². The molecule has 0 amide bonds. The second-order valence-corrected chi connectivity index (χ2v) is 6.42. The van der Waals surface area contributed by atoms with Crippen LogP contribution in [-0.4, -0.2) is 17.5 Å². The molecule has 1 N–H and O–H groups in total. The highest BCUT2D eigenvalue weighted by molar-refractivity contribution is 7.99. The van der Waals surface area contributed by atoms with Crippen LogP contribution in [0, 0.1) is 0 Å². The molecule has 0 bridgehead atoms. The van der Waals surface area contributed by atoms with E-state index in [1.165, 1.54) is 43.4 Å². The molecule has 0 spiro atoms. The van der Waals surface area contributed by atoms with Crippen molar-refractivity contribution in [2.45, 2.75) is 55.9 Å². The molecule has 2 nitrogen and oxygen atoms in total. The van der Waals surface area contributed by atoms with Crippen LogP contribution in [-0.2, 0) is 6.42 Å². The summed E-state index contributed by atoms with van der Waals surface area (Å²) in [5.74, 6) is 1.22. The fourth-order valence-corrected chi connectivity index (χ4v) is 4.05. The number of hydrogen-bond acceptors (Lipinski definition) is 3. The van der Waals surface area contributed by atoms with E-state index in [2.05, 4.69) is 17.6 Å². The van der Waals surface area contributed by atoms with Crippen LogP contribution in [0.2, 0.25) is 0 Å². The highest BCUT2D eigenvalue weighted by Crippen LogP contribution is 2.34. The molecular weight excluding hydrogens is 230 g/mol. The van der Waals surface area contributed by atoms with Crippen molar-refractivity contribution in [1.29, 1.82) is 0 Å². The number of fused-ring (bicyclic) bond motifs is 1. The molecule has 1 aromatic rings. The molecular formula is C14H21NOS. The Morgan fingerprint density at radius 2 is 2.29 bits per heavy atom. The lowest BCUT2D eigenvalue weighted by molar-refractivity contribution is 0.374. The second kappa shape index (κ2) is 5.07. The van der Waals surface area contributed by atoms with E-state index in [4.69, 9.17) is 4.42 Å². The van der Waals surface area contributed by atoms with Crippen LogP contribution in [0.4, 0.5) is 0 Å². The normalized spacial score (nSPS) is 32.6. The van der Waals surface area contributed by atoms with E-state index in [-0.39, 0.29) is 0 Å². The van der Waals surface area contributed by atoms with E-state index in [9.17, 15) is 0 Å². The highest BCUT2D eigenvalue weighted by Gasteiger charge is 2.29. The van der Waals surface area contributed by atoms with Gasteiger partial charge in [0.1, 0.15) is 5.76 Å². The zero-order chi connectivity index (χ0) is 11.7. The summed E-state index contributed by atoms with van der Waals surface area (Å²) in [5.41, 5.74) is 1.42. The number of aryl methyl sites for hydroxylation is 1. The molecule has 3 atom stereocenters. The number of furan rings is 1. The number of thioether (sulfide) groups is 1. The van der Waals surface area contributed by atoms with Crippen molar-refractivity contribution in [1.82, 2.24) is 5.32 Å². The van der Waals surface area contributed by atoms with E-state index >= 15 is 0 Å². The second-order valence-electron chi connectivity index (χ2n) is 5.28. The van der Waals surface area contributed by atoms with Gasteiger partial charge in [0.25, 0.3) is 0 Å². The zero-order valence-electron chi connectivity index (χ0n) is 10.4. The Kier molecular flexibility index (Phi) is 3.48. The van der Waals surface area contributed by atoms with E-state index in [0.717, 1.165) is 17.7 Å². The quantitative estimate of drug-likeness (QED) is 0.889. The number of rotatable bonds is 3. The summed E-state index contributed by atoms with van der Waals surface area (Å²) in [7, 11) is 0. The fourth-order valence-electron chi connectivity index (χ4n) is 3.25. The lowest BCUT2D eigenvalue weighted by Gasteiger charge is -2.26. The van der Waals surface area contributed by atoms with Gasteiger partial charge in [-0.3, -0.25) is 0 Å². The molecule has 0 aliphatic heterocycles. The number of nitrogens with one attached hydrogen (secondary N) is 1. The molecule has 3 rings (SSSR count). The third-order valence-electron chi connectivity index (χ3n) is 4.21. The van der Waals surface area contributed by atoms with Gasteiger partial charge in [0.15, 0.2) is 0 Å². The first-order valence-electron chi connectivity index (χ1n) is 6.72. The predicted octanol–water partition coefficient (Wildman–Crippen LogP) is 3.53. The molecule has 2 aliphatic carbocycles. The van der Waals surface area contributed by atoms with Gasteiger partial charge >= 0.3 is 0 Å². The maximum absolute atomic E-state index is 5.55. The molecule has 1 heterocycles. The molecule has 1 saturated carbocycles. The first kappa shape index (κ1) is 11.7. The number of hydrogen-bond donors (Lipinski definition) is 1. The molecule has 0 radical (unpaired) electrons.